The Morgan fingerprint density at radius 1 is 1.45 bits per heavy atom. The summed E-state index contributed by atoms with van der Waals surface area (Å²) in [4.78, 5) is 0. The zero-order valence-corrected chi connectivity index (χ0v) is 7.18. The van der Waals surface area contributed by atoms with Crippen LogP contribution in [-0.2, 0) is 4.74 Å². The fourth-order valence-electron chi connectivity index (χ4n) is 1.47. The average Bonchev–Trinajstić information content (AvgIpc) is 2.64. The third kappa shape index (κ3) is 1.94. The Morgan fingerprint density at radius 3 is 2.64 bits per heavy atom. The molecule has 0 amide bonds. The highest BCUT2D eigenvalue weighted by molar-refractivity contribution is 4.80. The molecule has 0 radical (unpaired) electrons. The van der Waals surface area contributed by atoms with E-state index in [0.717, 1.165) is 31.5 Å². The molecule has 1 N–H and O–H groups in total. The van der Waals surface area contributed by atoms with Crippen LogP contribution in [-0.4, -0.2) is 25.8 Å². The molecular formula is C9H17NO. The molecule has 2 aliphatic rings. The molecule has 0 spiro atoms. The van der Waals surface area contributed by atoms with Crippen LogP contribution in [0.1, 0.15) is 19.8 Å². The van der Waals surface area contributed by atoms with Crippen molar-refractivity contribution < 1.29 is 4.74 Å². The summed E-state index contributed by atoms with van der Waals surface area (Å²) in [6.07, 6.45) is 3.40. The Hall–Kier alpha value is -0.0800. The molecule has 1 saturated carbocycles. The lowest BCUT2D eigenvalue weighted by Crippen LogP contribution is -2.48. The van der Waals surface area contributed by atoms with Gasteiger partial charge < -0.3 is 10.1 Å². The SMILES string of the molecule is CC(COC1CNC1)C1CC1. The molecule has 1 heterocycles. The molecule has 1 unspecified atom stereocenters. The number of rotatable bonds is 4. The Balaban J connectivity index is 1.57. The molecule has 0 aromatic rings. The second kappa shape index (κ2) is 3.11. The first-order chi connectivity index (χ1) is 5.36. The molecule has 11 heavy (non-hydrogen) atoms. The largest absolute Gasteiger partial charge is 0.375 e. The van der Waals surface area contributed by atoms with Crippen LogP contribution in [0.2, 0.25) is 0 Å². The first-order valence-electron chi connectivity index (χ1n) is 4.68. The molecule has 0 bridgehead atoms. The highest BCUT2D eigenvalue weighted by Crippen LogP contribution is 2.36. The lowest BCUT2D eigenvalue weighted by Gasteiger charge is -2.28. The van der Waals surface area contributed by atoms with Gasteiger partial charge in [-0.1, -0.05) is 6.92 Å². The summed E-state index contributed by atoms with van der Waals surface area (Å²) in [7, 11) is 0. The Labute approximate surface area is 68.3 Å². The van der Waals surface area contributed by atoms with E-state index < -0.39 is 0 Å². The van der Waals surface area contributed by atoms with Crippen molar-refractivity contribution in [2.45, 2.75) is 25.9 Å². The monoisotopic (exact) mass is 155 g/mol. The predicted octanol–water partition coefficient (Wildman–Crippen LogP) is 1.02. The van der Waals surface area contributed by atoms with Crippen LogP contribution in [0, 0.1) is 11.8 Å². The van der Waals surface area contributed by atoms with Gasteiger partial charge in [-0.2, -0.15) is 0 Å². The maximum Gasteiger partial charge on any atom is 0.0823 e. The van der Waals surface area contributed by atoms with Gasteiger partial charge in [-0.05, 0) is 24.7 Å². The predicted molar refractivity (Wildman–Crippen MR) is 44.5 cm³/mol. The van der Waals surface area contributed by atoms with Gasteiger partial charge in [0.2, 0.25) is 0 Å². The van der Waals surface area contributed by atoms with E-state index in [2.05, 4.69) is 12.2 Å². The van der Waals surface area contributed by atoms with Gasteiger partial charge in [0.05, 0.1) is 6.10 Å². The minimum atomic E-state index is 0.524. The van der Waals surface area contributed by atoms with E-state index in [1.54, 1.807) is 0 Å². The van der Waals surface area contributed by atoms with Gasteiger partial charge in [0.1, 0.15) is 0 Å². The van der Waals surface area contributed by atoms with E-state index in [-0.39, 0.29) is 0 Å². The molecule has 2 fully saturated rings. The van der Waals surface area contributed by atoms with E-state index in [1.165, 1.54) is 12.8 Å². The van der Waals surface area contributed by atoms with E-state index in [4.69, 9.17) is 4.74 Å². The van der Waals surface area contributed by atoms with Crippen molar-refractivity contribution in [3.8, 4) is 0 Å². The molecule has 2 rings (SSSR count). The molecule has 2 heteroatoms. The molecule has 1 aliphatic carbocycles. The van der Waals surface area contributed by atoms with Crippen molar-refractivity contribution in [3.05, 3.63) is 0 Å². The number of nitrogens with one attached hydrogen (secondary N) is 1. The van der Waals surface area contributed by atoms with E-state index >= 15 is 0 Å². The van der Waals surface area contributed by atoms with Crippen LogP contribution in [0.5, 0.6) is 0 Å². The van der Waals surface area contributed by atoms with E-state index in [1.807, 2.05) is 0 Å². The van der Waals surface area contributed by atoms with Crippen LogP contribution in [0.4, 0.5) is 0 Å². The summed E-state index contributed by atoms with van der Waals surface area (Å²) < 4.78 is 5.68. The summed E-state index contributed by atoms with van der Waals surface area (Å²) in [6.45, 7) is 5.43. The topological polar surface area (TPSA) is 21.3 Å². The van der Waals surface area contributed by atoms with Gasteiger partial charge >= 0.3 is 0 Å². The molecule has 1 saturated heterocycles. The maximum atomic E-state index is 5.68. The number of hydrogen-bond acceptors (Lipinski definition) is 2. The summed E-state index contributed by atoms with van der Waals surface area (Å²) in [6, 6.07) is 0. The molecule has 2 nitrogen and oxygen atoms in total. The van der Waals surface area contributed by atoms with Gasteiger partial charge in [-0.3, -0.25) is 0 Å². The van der Waals surface area contributed by atoms with Crippen LogP contribution in [0.25, 0.3) is 0 Å². The van der Waals surface area contributed by atoms with E-state index in [0.29, 0.717) is 6.10 Å². The van der Waals surface area contributed by atoms with Gasteiger partial charge in [-0.15, -0.1) is 0 Å². The third-order valence-corrected chi connectivity index (χ3v) is 2.77. The second-order valence-electron chi connectivity index (χ2n) is 3.93. The molecule has 1 atom stereocenters. The zero-order valence-electron chi connectivity index (χ0n) is 7.18. The maximum absolute atomic E-state index is 5.68. The molecule has 64 valence electrons. The van der Waals surface area contributed by atoms with Crippen LogP contribution in [0.3, 0.4) is 0 Å². The lowest BCUT2D eigenvalue weighted by molar-refractivity contribution is -0.00124. The standard InChI is InChI=1S/C9H17NO/c1-7(8-2-3-8)6-11-9-4-10-5-9/h7-10H,2-6H2,1H3. The van der Waals surface area contributed by atoms with E-state index in [9.17, 15) is 0 Å². The average molecular weight is 155 g/mol. The van der Waals surface area contributed by atoms with Gasteiger partial charge in [0.25, 0.3) is 0 Å². The third-order valence-electron chi connectivity index (χ3n) is 2.77. The normalized spacial score (nSPS) is 28.1. The first-order valence-corrected chi connectivity index (χ1v) is 4.68. The molecule has 1 aliphatic heterocycles. The molecular weight excluding hydrogens is 138 g/mol. The Morgan fingerprint density at radius 2 is 2.18 bits per heavy atom. The second-order valence-corrected chi connectivity index (χ2v) is 3.93. The van der Waals surface area contributed by atoms with Crippen molar-refractivity contribution in [2.24, 2.45) is 11.8 Å². The fourth-order valence-corrected chi connectivity index (χ4v) is 1.47. The smallest absolute Gasteiger partial charge is 0.0823 e. The van der Waals surface area contributed by atoms with Crippen molar-refractivity contribution in [1.82, 2.24) is 5.32 Å². The summed E-state index contributed by atoms with van der Waals surface area (Å²) >= 11 is 0. The first kappa shape index (κ1) is 7.56. The molecule has 0 aromatic heterocycles. The highest BCUT2D eigenvalue weighted by atomic mass is 16.5. The summed E-state index contributed by atoms with van der Waals surface area (Å²) in [5.41, 5.74) is 0. The Kier molecular flexibility index (Phi) is 2.14. The van der Waals surface area contributed by atoms with Gasteiger partial charge in [0.15, 0.2) is 0 Å². The number of ether oxygens (including phenoxy) is 1. The minimum absolute atomic E-state index is 0.524. The van der Waals surface area contributed by atoms with Crippen molar-refractivity contribution >= 4 is 0 Å². The van der Waals surface area contributed by atoms with Crippen LogP contribution < -0.4 is 5.32 Å². The van der Waals surface area contributed by atoms with Gasteiger partial charge in [0, 0.05) is 19.7 Å². The Bertz CT molecular complexity index is 130. The van der Waals surface area contributed by atoms with Gasteiger partial charge in [-0.25, -0.2) is 0 Å². The summed E-state index contributed by atoms with van der Waals surface area (Å²) in [5, 5.41) is 3.20. The lowest BCUT2D eigenvalue weighted by atomic mass is 10.1. The molecule has 0 aromatic carbocycles. The van der Waals surface area contributed by atoms with Crippen molar-refractivity contribution in [3.63, 3.8) is 0 Å². The summed E-state index contributed by atoms with van der Waals surface area (Å²) in [5.74, 6) is 1.79. The quantitative estimate of drug-likeness (QED) is 0.654. The van der Waals surface area contributed by atoms with Crippen molar-refractivity contribution in [2.75, 3.05) is 19.7 Å². The van der Waals surface area contributed by atoms with Crippen LogP contribution in [0.15, 0.2) is 0 Å². The van der Waals surface area contributed by atoms with Crippen molar-refractivity contribution in [1.29, 1.82) is 0 Å². The van der Waals surface area contributed by atoms with Crippen LogP contribution >= 0.6 is 0 Å². The highest BCUT2D eigenvalue weighted by Gasteiger charge is 2.29. The number of hydrogen-bond donors (Lipinski definition) is 1. The fraction of sp³-hybridized carbons (Fsp3) is 1.00. The zero-order chi connectivity index (χ0) is 7.68. The minimum Gasteiger partial charge on any atom is -0.375 e.